The number of nitrogens with zero attached hydrogens (tertiary/aromatic N) is 1. The first-order chi connectivity index (χ1) is 8.51. The molecule has 0 aliphatic carbocycles. The first-order valence-electron chi connectivity index (χ1n) is 5.86. The van der Waals surface area contributed by atoms with Crippen LogP contribution in [-0.4, -0.2) is 33.7 Å². The quantitative estimate of drug-likeness (QED) is 0.769. The topological polar surface area (TPSA) is 67.6 Å². The van der Waals surface area contributed by atoms with Gasteiger partial charge in [-0.1, -0.05) is 13.0 Å². The van der Waals surface area contributed by atoms with Crippen molar-refractivity contribution in [2.24, 2.45) is 5.92 Å². The number of ether oxygens (including phenoxy) is 1. The van der Waals surface area contributed by atoms with Crippen LogP contribution in [0.4, 0.5) is 11.4 Å². The molecule has 1 aromatic rings. The third-order valence-electron chi connectivity index (χ3n) is 2.92. The average Bonchev–Trinajstić information content (AvgIpc) is 2.37. The lowest BCUT2D eigenvalue weighted by Gasteiger charge is -2.24. The van der Waals surface area contributed by atoms with Crippen molar-refractivity contribution in [1.82, 2.24) is 5.32 Å². The number of nitrogens with one attached hydrogen (secondary N) is 1. The Morgan fingerprint density at radius 2 is 2.22 bits per heavy atom. The number of nitrogen functional groups attached to an aromatic ring is 1. The van der Waals surface area contributed by atoms with Crippen molar-refractivity contribution in [3.8, 4) is 5.75 Å². The number of carbonyl (C=O) groups excluding carboxylic acids is 1. The van der Waals surface area contributed by atoms with E-state index in [0.717, 1.165) is 5.69 Å². The molecule has 18 heavy (non-hydrogen) atoms. The molecule has 0 heterocycles. The van der Waals surface area contributed by atoms with Gasteiger partial charge in [-0.05, 0) is 12.1 Å². The van der Waals surface area contributed by atoms with E-state index in [-0.39, 0.29) is 11.8 Å². The molecule has 0 aliphatic rings. The molecule has 0 aliphatic heterocycles. The summed E-state index contributed by atoms with van der Waals surface area (Å²) in [5, 5.41) is 2.64. The first-order valence-corrected chi connectivity index (χ1v) is 5.86. The van der Waals surface area contributed by atoms with Gasteiger partial charge < -0.3 is 20.7 Å². The lowest BCUT2D eigenvalue weighted by molar-refractivity contribution is -0.123. The molecule has 1 amide bonds. The first kappa shape index (κ1) is 14.2. The number of hydrogen-bond acceptors (Lipinski definition) is 4. The van der Waals surface area contributed by atoms with Crippen molar-refractivity contribution in [3.63, 3.8) is 0 Å². The summed E-state index contributed by atoms with van der Waals surface area (Å²) in [4.78, 5) is 13.4. The van der Waals surface area contributed by atoms with Gasteiger partial charge in [0.2, 0.25) is 5.91 Å². The van der Waals surface area contributed by atoms with E-state index in [1.165, 1.54) is 0 Å². The number of methoxy groups -OCH3 is 1. The van der Waals surface area contributed by atoms with Crippen LogP contribution in [0.25, 0.3) is 0 Å². The van der Waals surface area contributed by atoms with Gasteiger partial charge in [0.05, 0.1) is 24.4 Å². The highest BCUT2D eigenvalue weighted by Crippen LogP contribution is 2.31. The van der Waals surface area contributed by atoms with Crippen molar-refractivity contribution in [2.75, 3.05) is 38.4 Å². The Morgan fingerprint density at radius 1 is 1.56 bits per heavy atom. The van der Waals surface area contributed by atoms with Gasteiger partial charge in [-0.25, -0.2) is 0 Å². The number of amides is 1. The zero-order valence-corrected chi connectivity index (χ0v) is 11.4. The molecule has 1 unspecified atom stereocenters. The van der Waals surface area contributed by atoms with E-state index in [2.05, 4.69) is 5.32 Å². The highest BCUT2D eigenvalue weighted by Gasteiger charge is 2.16. The summed E-state index contributed by atoms with van der Waals surface area (Å²) in [5.41, 5.74) is 7.47. The zero-order chi connectivity index (χ0) is 13.7. The second-order valence-electron chi connectivity index (χ2n) is 4.29. The maximum absolute atomic E-state index is 11.5. The van der Waals surface area contributed by atoms with Crippen LogP contribution in [0.5, 0.6) is 5.75 Å². The molecule has 0 bridgehead atoms. The Bertz CT molecular complexity index is 421. The number of hydrogen-bond donors (Lipinski definition) is 2. The van der Waals surface area contributed by atoms with E-state index in [1.54, 1.807) is 14.2 Å². The van der Waals surface area contributed by atoms with Gasteiger partial charge in [-0.2, -0.15) is 0 Å². The van der Waals surface area contributed by atoms with Crippen molar-refractivity contribution in [1.29, 1.82) is 0 Å². The fourth-order valence-corrected chi connectivity index (χ4v) is 1.88. The zero-order valence-electron chi connectivity index (χ0n) is 11.4. The lowest BCUT2D eigenvalue weighted by Crippen LogP contribution is -2.34. The number of para-hydroxylation sites is 1. The Morgan fingerprint density at radius 3 is 2.78 bits per heavy atom. The minimum Gasteiger partial charge on any atom is -0.495 e. The fraction of sp³-hybridized carbons (Fsp3) is 0.462. The monoisotopic (exact) mass is 251 g/mol. The molecule has 3 N–H and O–H groups in total. The van der Waals surface area contributed by atoms with Crippen LogP contribution in [0.15, 0.2) is 18.2 Å². The third kappa shape index (κ3) is 3.06. The normalized spacial score (nSPS) is 11.8. The van der Waals surface area contributed by atoms with Crippen LogP contribution in [0, 0.1) is 5.92 Å². The van der Waals surface area contributed by atoms with Gasteiger partial charge in [0, 0.05) is 20.6 Å². The molecule has 1 aromatic carbocycles. The maximum Gasteiger partial charge on any atom is 0.224 e. The summed E-state index contributed by atoms with van der Waals surface area (Å²) in [6, 6.07) is 5.61. The molecular formula is C13H21N3O2. The van der Waals surface area contributed by atoms with E-state index in [1.807, 2.05) is 37.1 Å². The molecule has 1 atom stereocenters. The van der Waals surface area contributed by atoms with Crippen molar-refractivity contribution in [2.45, 2.75) is 6.92 Å². The number of carbonyl (C=O) groups is 1. The highest BCUT2D eigenvalue weighted by atomic mass is 16.5. The van der Waals surface area contributed by atoms with E-state index >= 15 is 0 Å². The number of benzene rings is 1. The van der Waals surface area contributed by atoms with E-state index in [0.29, 0.717) is 18.0 Å². The van der Waals surface area contributed by atoms with Gasteiger partial charge in [0.1, 0.15) is 5.75 Å². The Kier molecular flexibility index (Phi) is 4.83. The van der Waals surface area contributed by atoms with Crippen molar-refractivity contribution < 1.29 is 9.53 Å². The Labute approximate surface area is 108 Å². The van der Waals surface area contributed by atoms with Crippen molar-refractivity contribution in [3.05, 3.63) is 18.2 Å². The number of anilines is 2. The molecule has 0 spiro atoms. The molecule has 0 fully saturated rings. The molecule has 0 saturated heterocycles. The van der Waals surface area contributed by atoms with Crippen LogP contribution in [0.2, 0.25) is 0 Å². The molecule has 0 aromatic heterocycles. The lowest BCUT2D eigenvalue weighted by atomic mass is 10.1. The van der Waals surface area contributed by atoms with Gasteiger partial charge in [0.15, 0.2) is 0 Å². The van der Waals surface area contributed by atoms with Gasteiger partial charge in [0.25, 0.3) is 0 Å². The molecule has 100 valence electrons. The predicted octanol–water partition coefficient (Wildman–Crippen LogP) is 1.10. The second kappa shape index (κ2) is 6.14. The van der Waals surface area contributed by atoms with Gasteiger partial charge >= 0.3 is 0 Å². The summed E-state index contributed by atoms with van der Waals surface area (Å²) in [6.07, 6.45) is 0. The number of nitrogens with two attached hydrogens (primary N) is 1. The summed E-state index contributed by atoms with van der Waals surface area (Å²) in [5.74, 6) is 0.556. The molecule has 5 nitrogen and oxygen atoms in total. The average molecular weight is 251 g/mol. The third-order valence-corrected chi connectivity index (χ3v) is 2.92. The maximum atomic E-state index is 11.5. The van der Waals surface area contributed by atoms with E-state index in [4.69, 9.17) is 10.5 Å². The SMILES string of the molecule is CNC(=O)C(C)CN(C)c1cccc(OC)c1N. The molecule has 5 heteroatoms. The van der Waals surface area contributed by atoms with E-state index in [9.17, 15) is 4.79 Å². The smallest absolute Gasteiger partial charge is 0.224 e. The summed E-state index contributed by atoms with van der Waals surface area (Å²) in [6.45, 7) is 2.47. The highest BCUT2D eigenvalue weighted by molar-refractivity contribution is 5.79. The summed E-state index contributed by atoms with van der Waals surface area (Å²) < 4.78 is 5.18. The fourth-order valence-electron chi connectivity index (χ4n) is 1.88. The Balaban J connectivity index is 2.84. The minimum absolute atomic E-state index is 0.0170. The number of rotatable bonds is 5. The Hall–Kier alpha value is -1.91. The summed E-state index contributed by atoms with van der Waals surface area (Å²) in [7, 11) is 5.13. The van der Waals surface area contributed by atoms with Crippen molar-refractivity contribution >= 4 is 17.3 Å². The minimum atomic E-state index is -0.106. The standard InChI is InChI=1S/C13H21N3O2/c1-9(13(17)15-2)8-16(3)10-6-5-7-11(18-4)12(10)14/h5-7,9H,8,14H2,1-4H3,(H,15,17). The predicted molar refractivity (Wildman–Crippen MR) is 73.9 cm³/mol. The van der Waals surface area contributed by atoms with Crippen LogP contribution in [-0.2, 0) is 4.79 Å². The summed E-state index contributed by atoms with van der Waals surface area (Å²) >= 11 is 0. The van der Waals surface area contributed by atoms with Crippen LogP contribution < -0.4 is 20.7 Å². The molecule has 0 radical (unpaired) electrons. The largest absolute Gasteiger partial charge is 0.495 e. The van der Waals surface area contributed by atoms with Crippen LogP contribution >= 0.6 is 0 Å². The van der Waals surface area contributed by atoms with Gasteiger partial charge in [-0.15, -0.1) is 0 Å². The van der Waals surface area contributed by atoms with Gasteiger partial charge in [-0.3, -0.25) is 4.79 Å². The second-order valence-corrected chi connectivity index (χ2v) is 4.29. The van der Waals surface area contributed by atoms with Crippen LogP contribution in [0.1, 0.15) is 6.92 Å². The molecular weight excluding hydrogens is 230 g/mol. The van der Waals surface area contributed by atoms with Crippen LogP contribution in [0.3, 0.4) is 0 Å². The van der Waals surface area contributed by atoms with E-state index < -0.39 is 0 Å². The molecule has 1 rings (SSSR count). The molecule has 0 saturated carbocycles.